The van der Waals surface area contributed by atoms with Crippen LogP contribution in [0.3, 0.4) is 0 Å². The van der Waals surface area contributed by atoms with Gasteiger partial charge in [0.05, 0.1) is 4.90 Å². The number of benzene rings is 2. The molecule has 5 nitrogen and oxygen atoms in total. The Morgan fingerprint density at radius 3 is 2.38 bits per heavy atom. The molecule has 0 saturated heterocycles. The van der Waals surface area contributed by atoms with Gasteiger partial charge in [-0.3, -0.25) is 9.52 Å². The van der Waals surface area contributed by atoms with E-state index in [1.54, 1.807) is 24.3 Å². The first kappa shape index (κ1) is 20.0. The fourth-order valence-electron chi connectivity index (χ4n) is 2.48. The molecule has 0 atom stereocenters. The number of nitrogens with one attached hydrogen (secondary N) is 2. The standard InChI is InChI=1S/C20H26N2O3S/c1-3-5-7-16-10-12-18(13-11-16)22-26(24,25)19-9-6-8-17(15-19)20(23)21-14-4-2/h6,8-13,15,22H,3-5,7,14H2,1-2H3,(H,21,23). The lowest BCUT2D eigenvalue weighted by atomic mass is 10.1. The van der Waals surface area contributed by atoms with Gasteiger partial charge in [-0.05, 0) is 55.2 Å². The normalized spacial score (nSPS) is 11.2. The topological polar surface area (TPSA) is 75.3 Å². The molecule has 1 amide bonds. The zero-order chi connectivity index (χ0) is 19.0. The van der Waals surface area contributed by atoms with E-state index in [1.807, 2.05) is 19.1 Å². The third-order valence-electron chi connectivity index (χ3n) is 3.97. The predicted molar refractivity (Wildman–Crippen MR) is 105 cm³/mol. The van der Waals surface area contributed by atoms with Crippen LogP contribution in [0.15, 0.2) is 53.4 Å². The van der Waals surface area contributed by atoms with Gasteiger partial charge in [-0.1, -0.05) is 38.5 Å². The number of rotatable bonds is 9. The Morgan fingerprint density at radius 2 is 1.73 bits per heavy atom. The second-order valence-electron chi connectivity index (χ2n) is 6.19. The smallest absolute Gasteiger partial charge is 0.261 e. The van der Waals surface area contributed by atoms with Crippen molar-refractivity contribution in [3.8, 4) is 0 Å². The van der Waals surface area contributed by atoms with Crippen LogP contribution in [0.2, 0.25) is 0 Å². The van der Waals surface area contributed by atoms with E-state index in [9.17, 15) is 13.2 Å². The van der Waals surface area contributed by atoms with Gasteiger partial charge in [-0.25, -0.2) is 8.42 Å². The van der Waals surface area contributed by atoms with Crippen molar-refractivity contribution in [3.05, 3.63) is 59.7 Å². The number of sulfonamides is 1. The van der Waals surface area contributed by atoms with E-state index in [1.165, 1.54) is 17.7 Å². The zero-order valence-corrected chi connectivity index (χ0v) is 16.1. The molecule has 0 bridgehead atoms. The van der Waals surface area contributed by atoms with Crippen LogP contribution in [0, 0.1) is 0 Å². The monoisotopic (exact) mass is 374 g/mol. The molecule has 2 N–H and O–H groups in total. The van der Waals surface area contributed by atoms with Gasteiger partial charge in [-0.15, -0.1) is 0 Å². The second-order valence-corrected chi connectivity index (χ2v) is 7.87. The summed E-state index contributed by atoms with van der Waals surface area (Å²) < 4.78 is 27.8. The van der Waals surface area contributed by atoms with Crippen molar-refractivity contribution in [2.24, 2.45) is 0 Å². The van der Waals surface area contributed by atoms with Crippen molar-refractivity contribution in [2.75, 3.05) is 11.3 Å². The zero-order valence-electron chi connectivity index (χ0n) is 15.3. The van der Waals surface area contributed by atoms with Crippen LogP contribution in [-0.4, -0.2) is 20.9 Å². The maximum atomic E-state index is 12.6. The molecular weight excluding hydrogens is 348 g/mol. The van der Waals surface area contributed by atoms with Gasteiger partial charge in [0.1, 0.15) is 0 Å². The molecule has 0 saturated carbocycles. The fourth-order valence-corrected chi connectivity index (χ4v) is 3.58. The maximum Gasteiger partial charge on any atom is 0.261 e. The Hall–Kier alpha value is -2.34. The van der Waals surface area contributed by atoms with E-state index in [-0.39, 0.29) is 10.8 Å². The van der Waals surface area contributed by atoms with E-state index in [4.69, 9.17) is 0 Å². The SMILES string of the molecule is CCCCc1ccc(NS(=O)(=O)c2cccc(C(=O)NCCC)c2)cc1. The van der Waals surface area contributed by atoms with Crippen LogP contribution in [-0.2, 0) is 16.4 Å². The van der Waals surface area contributed by atoms with Gasteiger partial charge < -0.3 is 5.32 Å². The van der Waals surface area contributed by atoms with Crippen molar-refractivity contribution in [2.45, 2.75) is 44.4 Å². The minimum absolute atomic E-state index is 0.0664. The minimum atomic E-state index is -3.75. The average molecular weight is 375 g/mol. The largest absolute Gasteiger partial charge is 0.352 e. The molecule has 0 radical (unpaired) electrons. The Labute approximate surface area is 155 Å². The van der Waals surface area contributed by atoms with E-state index in [0.29, 0.717) is 17.8 Å². The van der Waals surface area contributed by atoms with Crippen LogP contribution in [0.25, 0.3) is 0 Å². The molecule has 140 valence electrons. The number of carbonyl (C=O) groups excluding carboxylic acids is 1. The van der Waals surface area contributed by atoms with Crippen molar-refractivity contribution in [1.29, 1.82) is 0 Å². The summed E-state index contributed by atoms with van der Waals surface area (Å²) >= 11 is 0. The molecule has 0 aliphatic carbocycles. The molecule has 0 spiro atoms. The van der Waals surface area contributed by atoms with Crippen LogP contribution < -0.4 is 10.0 Å². The molecule has 26 heavy (non-hydrogen) atoms. The molecule has 2 aromatic carbocycles. The maximum absolute atomic E-state index is 12.6. The Kier molecular flexibility index (Phi) is 7.21. The van der Waals surface area contributed by atoms with Gasteiger partial charge in [0, 0.05) is 17.8 Å². The van der Waals surface area contributed by atoms with E-state index in [2.05, 4.69) is 17.0 Å². The summed E-state index contributed by atoms with van der Waals surface area (Å²) in [6.45, 7) is 4.65. The van der Waals surface area contributed by atoms with Crippen molar-refractivity contribution in [3.63, 3.8) is 0 Å². The molecule has 0 aliphatic heterocycles. The molecule has 0 heterocycles. The Balaban J connectivity index is 2.13. The number of carbonyl (C=O) groups is 1. The number of anilines is 1. The molecule has 6 heteroatoms. The molecule has 0 aliphatic rings. The summed E-state index contributed by atoms with van der Waals surface area (Å²) in [5, 5.41) is 2.75. The minimum Gasteiger partial charge on any atom is -0.352 e. The van der Waals surface area contributed by atoms with Gasteiger partial charge in [0.25, 0.3) is 15.9 Å². The van der Waals surface area contributed by atoms with Crippen LogP contribution in [0.4, 0.5) is 5.69 Å². The lowest BCUT2D eigenvalue weighted by Gasteiger charge is -2.10. The number of hydrogen-bond donors (Lipinski definition) is 2. The third-order valence-corrected chi connectivity index (χ3v) is 5.35. The first-order chi connectivity index (χ1) is 12.5. The first-order valence-corrected chi connectivity index (χ1v) is 10.4. The summed E-state index contributed by atoms with van der Waals surface area (Å²) in [4.78, 5) is 12.1. The lowest BCUT2D eigenvalue weighted by Crippen LogP contribution is -2.24. The molecular formula is C20H26N2O3S. The van der Waals surface area contributed by atoms with Gasteiger partial charge in [-0.2, -0.15) is 0 Å². The van der Waals surface area contributed by atoms with Gasteiger partial charge in [0.2, 0.25) is 0 Å². The summed E-state index contributed by atoms with van der Waals surface area (Å²) in [5.74, 6) is -0.274. The second kappa shape index (κ2) is 9.38. The number of aryl methyl sites for hydroxylation is 1. The fraction of sp³-hybridized carbons (Fsp3) is 0.350. The highest BCUT2D eigenvalue weighted by molar-refractivity contribution is 7.92. The summed E-state index contributed by atoms with van der Waals surface area (Å²) in [6, 6.07) is 13.4. The lowest BCUT2D eigenvalue weighted by molar-refractivity contribution is 0.0953. The summed E-state index contributed by atoms with van der Waals surface area (Å²) in [6.07, 6.45) is 4.03. The molecule has 0 fully saturated rings. The highest BCUT2D eigenvalue weighted by Gasteiger charge is 2.16. The Bertz CT molecular complexity index is 830. The van der Waals surface area contributed by atoms with Crippen molar-refractivity contribution < 1.29 is 13.2 Å². The molecule has 2 aromatic rings. The average Bonchev–Trinajstić information content (AvgIpc) is 2.65. The van der Waals surface area contributed by atoms with E-state index >= 15 is 0 Å². The van der Waals surface area contributed by atoms with Gasteiger partial charge >= 0.3 is 0 Å². The first-order valence-electron chi connectivity index (χ1n) is 8.96. The summed E-state index contributed by atoms with van der Waals surface area (Å²) in [5.41, 5.74) is 2.02. The third kappa shape index (κ3) is 5.59. The molecule has 2 rings (SSSR count). The summed E-state index contributed by atoms with van der Waals surface area (Å²) in [7, 11) is -3.75. The van der Waals surface area contributed by atoms with Crippen molar-refractivity contribution in [1.82, 2.24) is 5.32 Å². The van der Waals surface area contributed by atoms with E-state index < -0.39 is 10.0 Å². The molecule has 0 unspecified atom stereocenters. The number of amides is 1. The van der Waals surface area contributed by atoms with Crippen LogP contribution in [0.1, 0.15) is 49.0 Å². The highest BCUT2D eigenvalue weighted by Crippen LogP contribution is 2.18. The molecule has 0 aromatic heterocycles. The van der Waals surface area contributed by atoms with Gasteiger partial charge in [0.15, 0.2) is 0 Å². The van der Waals surface area contributed by atoms with Crippen molar-refractivity contribution >= 4 is 21.6 Å². The van der Waals surface area contributed by atoms with Crippen LogP contribution in [0.5, 0.6) is 0 Å². The highest BCUT2D eigenvalue weighted by atomic mass is 32.2. The van der Waals surface area contributed by atoms with E-state index in [0.717, 1.165) is 25.7 Å². The number of unbranched alkanes of at least 4 members (excludes halogenated alkanes) is 1. The predicted octanol–water partition coefficient (Wildman–Crippen LogP) is 3.97. The Morgan fingerprint density at radius 1 is 1.00 bits per heavy atom. The quantitative estimate of drug-likeness (QED) is 0.697. The number of hydrogen-bond acceptors (Lipinski definition) is 3. The van der Waals surface area contributed by atoms with Crippen LogP contribution >= 0.6 is 0 Å².